The smallest absolute Gasteiger partial charge is 0.178 e. The van der Waals surface area contributed by atoms with Gasteiger partial charge in [-0.05, 0) is 68.4 Å². The Morgan fingerprint density at radius 3 is 2.68 bits per heavy atom. The Morgan fingerprint density at radius 2 is 1.95 bits per heavy atom. The molecule has 2 aromatic rings. The molecule has 0 bridgehead atoms. The minimum Gasteiger partial charge on any atom is -0.494 e. The second kappa shape index (κ2) is 6.36. The molecule has 1 heterocycles. The molecule has 0 amide bonds. The topological polar surface area (TPSA) is 24.5 Å². The molecule has 3 rings (SSSR count). The van der Waals surface area contributed by atoms with Gasteiger partial charge in [-0.25, -0.2) is 0 Å². The van der Waals surface area contributed by atoms with Gasteiger partial charge in [-0.3, -0.25) is 0 Å². The zero-order valence-electron chi connectivity index (χ0n) is 12.9. The number of hydrogen-bond donors (Lipinski definition) is 1. The molecular formula is C18H20N2OS. The highest BCUT2D eigenvalue weighted by atomic mass is 32.1. The van der Waals surface area contributed by atoms with E-state index in [2.05, 4.69) is 41.4 Å². The highest BCUT2D eigenvalue weighted by Gasteiger charge is 2.28. The van der Waals surface area contributed by atoms with Gasteiger partial charge in [0.1, 0.15) is 5.75 Å². The largest absolute Gasteiger partial charge is 0.494 e. The van der Waals surface area contributed by atoms with E-state index in [-0.39, 0.29) is 0 Å². The number of rotatable bonds is 3. The van der Waals surface area contributed by atoms with Crippen molar-refractivity contribution in [2.24, 2.45) is 0 Å². The molecule has 22 heavy (non-hydrogen) atoms. The van der Waals surface area contributed by atoms with E-state index < -0.39 is 0 Å². The Kier molecular flexibility index (Phi) is 4.29. The molecule has 2 aromatic carbocycles. The van der Waals surface area contributed by atoms with Gasteiger partial charge in [-0.2, -0.15) is 0 Å². The van der Waals surface area contributed by atoms with Gasteiger partial charge in [0.25, 0.3) is 0 Å². The van der Waals surface area contributed by atoms with E-state index in [0.717, 1.165) is 23.0 Å². The molecule has 0 aliphatic carbocycles. The molecule has 3 nitrogen and oxygen atoms in total. The summed E-state index contributed by atoms with van der Waals surface area (Å²) in [5.41, 5.74) is 3.54. The fraction of sp³-hybridized carbons (Fsp3) is 0.278. The number of hydrogen-bond acceptors (Lipinski definition) is 2. The Bertz CT molecular complexity index is 669. The predicted octanol–water partition coefficient (Wildman–Crippen LogP) is 4.23. The summed E-state index contributed by atoms with van der Waals surface area (Å²) < 4.78 is 5.46. The van der Waals surface area contributed by atoms with Gasteiger partial charge in [0, 0.05) is 17.4 Å². The van der Waals surface area contributed by atoms with Crippen LogP contribution in [0.15, 0.2) is 48.5 Å². The van der Waals surface area contributed by atoms with Crippen LogP contribution in [0.3, 0.4) is 0 Å². The first-order valence-corrected chi connectivity index (χ1v) is 8.01. The van der Waals surface area contributed by atoms with Crippen molar-refractivity contribution in [2.45, 2.75) is 26.3 Å². The molecule has 1 aliphatic rings. The van der Waals surface area contributed by atoms with Crippen LogP contribution in [0.4, 0.5) is 11.4 Å². The van der Waals surface area contributed by atoms with Gasteiger partial charge < -0.3 is 15.0 Å². The Morgan fingerprint density at radius 1 is 1.23 bits per heavy atom. The van der Waals surface area contributed by atoms with E-state index in [4.69, 9.17) is 17.0 Å². The van der Waals surface area contributed by atoms with E-state index in [0.29, 0.717) is 12.6 Å². The van der Waals surface area contributed by atoms with Crippen LogP contribution in [0.1, 0.15) is 19.4 Å². The summed E-state index contributed by atoms with van der Waals surface area (Å²) >= 11 is 5.62. The number of ether oxygens (including phenoxy) is 1. The molecule has 1 atom stereocenters. The average molecular weight is 312 g/mol. The van der Waals surface area contributed by atoms with Crippen molar-refractivity contribution in [1.82, 2.24) is 0 Å². The van der Waals surface area contributed by atoms with Crippen LogP contribution in [0.5, 0.6) is 5.75 Å². The van der Waals surface area contributed by atoms with E-state index >= 15 is 0 Å². The van der Waals surface area contributed by atoms with Crippen molar-refractivity contribution < 1.29 is 4.74 Å². The summed E-state index contributed by atoms with van der Waals surface area (Å²) in [5.74, 6) is 0.874. The first-order chi connectivity index (χ1) is 10.7. The van der Waals surface area contributed by atoms with E-state index in [1.54, 1.807) is 0 Å². The van der Waals surface area contributed by atoms with Crippen LogP contribution >= 0.6 is 12.2 Å². The lowest BCUT2D eigenvalue weighted by molar-refractivity contribution is 0.340. The van der Waals surface area contributed by atoms with Gasteiger partial charge >= 0.3 is 0 Å². The summed E-state index contributed by atoms with van der Waals surface area (Å²) in [6.07, 6.45) is 1.03. The molecule has 0 unspecified atom stereocenters. The molecule has 0 saturated carbocycles. The molecule has 0 aromatic heterocycles. The molecule has 0 saturated heterocycles. The van der Waals surface area contributed by atoms with Crippen molar-refractivity contribution >= 4 is 28.7 Å². The van der Waals surface area contributed by atoms with Crippen LogP contribution < -0.4 is 15.0 Å². The lowest BCUT2D eigenvalue weighted by Gasteiger charge is -2.26. The summed E-state index contributed by atoms with van der Waals surface area (Å²) in [7, 11) is 0. The lowest BCUT2D eigenvalue weighted by atomic mass is 10.1. The van der Waals surface area contributed by atoms with E-state index in [1.165, 1.54) is 11.3 Å². The van der Waals surface area contributed by atoms with Crippen molar-refractivity contribution in [1.29, 1.82) is 0 Å². The maximum atomic E-state index is 5.62. The van der Waals surface area contributed by atoms with Gasteiger partial charge in [0.05, 0.1) is 6.61 Å². The Labute approximate surface area is 136 Å². The number of benzene rings is 2. The highest BCUT2D eigenvalue weighted by Crippen LogP contribution is 2.32. The monoisotopic (exact) mass is 312 g/mol. The molecule has 0 radical (unpaired) electrons. The van der Waals surface area contributed by atoms with Crippen LogP contribution in [0.25, 0.3) is 0 Å². The maximum absolute atomic E-state index is 5.62. The van der Waals surface area contributed by atoms with E-state index in [1.807, 2.05) is 31.2 Å². The number of fused-ring (bicyclic) bond motifs is 1. The number of nitrogens with zero attached hydrogens (tertiary/aromatic N) is 1. The first kappa shape index (κ1) is 14.9. The molecule has 0 fully saturated rings. The van der Waals surface area contributed by atoms with Crippen LogP contribution in [-0.4, -0.2) is 17.8 Å². The summed E-state index contributed by atoms with van der Waals surface area (Å²) in [5, 5.41) is 4.06. The quantitative estimate of drug-likeness (QED) is 0.857. The van der Waals surface area contributed by atoms with Crippen LogP contribution in [0, 0.1) is 0 Å². The summed E-state index contributed by atoms with van der Waals surface area (Å²) in [6, 6.07) is 16.7. The zero-order chi connectivity index (χ0) is 15.5. The van der Waals surface area contributed by atoms with Crippen LogP contribution in [0.2, 0.25) is 0 Å². The van der Waals surface area contributed by atoms with Crippen molar-refractivity contribution in [3.8, 4) is 5.75 Å². The minimum atomic E-state index is 0.375. The van der Waals surface area contributed by atoms with Gasteiger partial charge in [-0.1, -0.05) is 18.2 Å². The normalized spacial score (nSPS) is 16.3. The van der Waals surface area contributed by atoms with Crippen molar-refractivity contribution in [2.75, 3.05) is 16.8 Å². The second-order valence-electron chi connectivity index (χ2n) is 5.44. The van der Waals surface area contributed by atoms with Crippen molar-refractivity contribution in [3.05, 3.63) is 54.1 Å². The average Bonchev–Trinajstić information content (AvgIpc) is 2.85. The van der Waals surface area contributed by atoms with Gasteiger partial charge in [0.2, 0.25) is 0 Å². The van der Waals surface area contributed by atoms with Gasteiger partial charge in [-0.15, -0.1) is 0 Å². The fourth-order valence-corrected chi connectivity index (χ4v) is 3.26. The first-order valence-electron chi connectivity index (χ1n) is 7.60. The minimum absolute atomic E-state index is 0.375. The zero-order valence-corrected chi connectivity index (χ0v) is 13.7. The van der Waals surface area contributed by atoms with Crippen LogP contribution in [-0.2, 0) is 6.42 Å². The van der Waals surface area contributed by atoms with E-state index in [9.17, 15) is 0 Å². The molecule has 114 valence electrons. The third-order valence-corrected chi connectivity index (χ3v) is 4.14. The summed E-state index contributed by atoms with van der Waals surface area (Å²) in [6.45, 7) is 4.85. The molecule has 1 N–H and O–H groups in total. The number of thiocarbonyl (C=S) groups is 1. The molecule has 4 heteroatoms. The Hall–Kier alpha value is -2.07. The van der Waals surface area contributed by atoms with Gasteiger partial charge in [0.15, 0.2) is 5.11 Å². The highest BCUT2D eigenvalue weighted by molar-refractivity contribution is 7.80. The second-order valence-corrected chi connectivity index (χ2v) is 5.83. The molecular weight excluding hydrogens is 292 g/mol. The third-order valence-electron chi connectivity index (χ3n) is 3.84. The molecule has 0 spiro atoms. The lowest BCUT2D eigenvalue weighted by Crippen LogP contribution is -2.38. The Balaban J connectivity index is 1.74. The number of anilines is 2. The number of nitrogens with one attached hydrogen (secondary N) is 1. The van der Waals surface area contributed by atoms with Crippen molar-refractivity contribution in [3.63, 3.8) is 0 Å². The SMILES string of the molecule is CCOc1ccc(NC(=S)N2c3ccccc3C[C@H]2C)cc1. The number of para-hydroxylation sites is 1. The molecule has 1 aliphatic heterocycles. The standard InChI is InChI=1S/C18H20N2OS/c1-3-21-16-10-8-15(9-11-16)19-18(22)20-13(2)12-14-6-4-5-7-17(14)20/h4-11,13H,3,12H2,1-2H3,(H,19,22)/t13-/m1/s1. The summed E-state index contributed by atoms with van der Waals surface area (Å²) in [4.78, 5) is 2.20. The maximum Gasteiger partial charge on any atom is 0.178 e. The fourth-order valence-electron chi connectivity index (χ4n) is 2.86. The predicted molar refractivity (Wildman–Crippen MR) is 95.9 cm³/mol. The third kappa shape index (κ3) is 2.92.